The largest absolute Gasteiger partial charge is 0.465 e. The summed E-state index contributed by atoms with van der Waals surface area (Å²) in [4.78, 5) is 11.3. The van der Waals surface area contributed by atoms with Gasteiger partial charge >= 0.3 is 5.97 Å². The van der Waals surface area contributed by atoms with E-state index in [-0.39, 0.29) is 11.2 Å². The van der Waals surface area contributed by atoms with Crippen molar-refractivity contribution in [3.63, 3.8) is 0 Å². The van der Waals surface area contributed by atoms with Crippen LogP contribution >= 0.6 is 11.8 Å². The second kappa shape index (κ2) is 6.35. The summed E-state index contributed by atoms with van der Waals surface area (Å²) in [5, 5.41) is 0.00921. The number of hydrogen-bond donors (Lipinski definition) is 0. The van der Waals surface area contributed by atoms with Crippen LogP contribution in [0.4, 0.5) is 0 Å². The van der Waals surface area contributed by atoms with Gasteiger partial charge in [-0.15, -0.1) is 11.8 Å². The fraction of sp³-hybridized carbons (Fsp3) is 0.889. The van der Waals surface area contributed by atoms with Gasteiger partial charge in [0, 0.05) is 0 Å². The first-order chi connectivity index (χ1) is 5.67. The Bertz CT molecular complexity index is 136. The first kappa shape index (κ1) is 11.8. The lowest BCUT2D eigenvalue weighted by Gasteiger charge is -2.18. The van der Waals surface area contributed by atoms with Gasteiger partial charge in [-0.1, -0.05) is 20.3 Å². The number of hydrogen-bond acceptors (Lipinski definition) is 3. The summed E-state index contributed by atoms with van der Waals surface area (Å²) in [6.07, 6.45) is 2.97. The molecule has 0 radical (unpaired) electrons. The average Bonchev–Trinajstić information content (AvgIpc) is 2.06. The number of ether oxygens (including phenoxy) is 1. The summed E-state index contributed by atoms with van der Waals surface area (Å²) in [6, 6.07) is 0. The van der Waals surface area contributed by atoms with E-state index in [1.54, 1.807) is 11.8 Å². The minimum atomic E-state index is -0.0700. The fourth-order valence-corrected chi connectivity index (χ4v) is 1.92. The monoisotopic (exact) mass is 190 g/mol. The minimum Gasteiger partial charge on any atom is -0.465 e. The number of esters is 1. The van der Waals surface area contributed by atoms with Crippen molar-refractivity contribution >= 4 is 17.7 Å². The van der Waals surface area contributed by atoms with Crippen LogP contribution in [0.25, 0.3) is 0 Å². The second-order valence-electron chi connectivity index (χ2n) is 2.79. The topological polar surface area (TPSA) is 26.3 Å². The normalized spacial score (nSPS) is 15.3. The van der Waals surface area contributed by atoms with Crippen molar-refractivity contribution in [2.24, 2.45) is 5.92 Å². The zero-order valence-corrected chi connectivity index (χ0v) is 9.11. The predicted octanol–water partition coefficient (Wildman–Crippen LogP) is 2.33. The van der Waals surface area contributed by atoms with Crippen LogP contribution < -0.4 is 0 Å². The third kappa shape index (κ3) is 3.48. The van der Waals surface area contributed by atoms with E-state index in [1.807, 2.05) is 13.2 Å². The van der Waals surface area contributed by atoms with Gasteiger partial charge in [0.25, 0.3) is 0 Å². The molecule has 0 saturated carbocycles. The van der Waals surface area contributed by atoms with Gasteiger partial charge in [0.1, 0.15) is 5.25 Å². The Morgan fingerprint density at radius 1 is 1.50 bits per heavy atom. The number of carbonyl (C=O) groups excluding carboxylic acids is 1. The molecule has 0 heterocycles. The van der Waals surface area contributed by atoms with Gasteiger partial charge in [0.15, 0.2) is 0 Å². The molecule has 72 valence electrons. The van der Waals surface area contributed by atoms with Crippen molar-refractivity contribution < 1.29 is 9.53 Å². The van der Waals surface area contributed by atoms with Crippen LogP contribution in [-0.4, -0.2) is 24.1 Å². The van der Waals surface area contributed by atoms with Crippen molar-refractivity contribution in [2.75, 3.05) is 12.9 Å². The van der Waals surface area contributed by atoms with Gasteiger partial charge in [0.05, 0.1) is 6.61 Å². The maximum absolute atomic E-state index is 11.3. The third-order valence-corrected chi connectivity index (χ3v) is 3.10. The van der Waals surface area contributed by atoms with E-state index in [1.165, 1.54) is 0 Å². The molecule has 0 N–H and O–H groups in total. The molecule has 0 fully saturated rings. The molecule has 0 amide bonds. The fourth-order valence-electron chi connectivity index (χ4n) is 0.999. The molecule has 0 aliphatic rings. The van der Waals surface area contributed by atoms with Gasteiger partial charge < -0.3 is 4.74 Å². The SMILES string of the molecule is CCOC(=O)C(SC)C(C)CC. The van der Waals surface area contributed by atoms with Gasteiger partial charge in [-0.3, -0.25) is 4.79 Å². The Labute approximate surface area is 79.1 Å². The summed E-state index contributed by atoms with van der Waals surface area (Å²) in [5.41, 5.74) is 0. The summed E-state index contributed by atoms with van der Waals surface area (Å²) in [6.45, 7) is 6.49. The zero-order valence-electron chi connectivity index (χ0n) is 8.29. The lowest BCUT2D eigenvalue weighted by molar-refractivity contribution is -0.143. The molecule has 3 heteroatoms. The Morgan fingerprint density at radius 2 is 2.08 bits per heavy atom. The van der Waals surface area contributed by atoms with Gasteiger partial charge in [-0.05, 0) is 19.1 Å². The van der Waals surface area contributed by atoms with E-state index >= 15 is 0 Å². The molecule has 2 atom stereocenters. The molecule has 0 aromatic heterocycles. The van der Waals surface area contributed by atoms with Crippen LogP contribution in [-0.2, 0) is 9.53 Å². The van der Waals surface area contributed by atoms with E-state index in [4.69, 9.17) is 4.74 Å². The van der Waals surface area contributed by atoms with E-state index in [9.17, 15) is 4.79 Å². The van der Waals surface area contributed by atoms with Crippen LogP contribution in [0.3, 0.4) is 0 Å². The molecule has 0 rings (SSSR count). The molecule has 0 aliphatic carbocycles. The summed E-state index contributed by atoms with van der Waals surface area (Å²) in [5.74, 6) is 0.332. The van der Waals surface area contributed by atoms with Crippen LogP contribution in [0.2, 0.25) is 0 Å². The molecular weight excluding hydrogens is 172 g/mol. The lowest BCUT2D eigenvalue weighted by Crippen LogP contribution is -2.26. The Kier molecular flexibility index (Phi) is 6.25. The molecule has 0 aliphatic heterocycles. The summed E-state index contributed by atoms with van der Waals surface area (Å²) in [7, 11) is 0. The standard InChI is InChI=1S/C9H18O2S/c1-5-7(3)8(12-4)9(10)11-6-2/h7-8H,5-6H2,1-4H3. The Hall–Kier alpha value is -0.180. The lowest BCUT2D eigenvalue weighted by atomic mass is 10.1. The zero-order chi connectivity index (χ0) is 9.56. The van der Waals surface area contributed by atoms with Crippen molar-refractivity contribution in [2.45, 2.75) is 32.4 Å². The Morgan fingerprint density at radius 3 is 2.42 bits per heavy atom. The maximum Gasteiger partial charge on any atom is 0.319 e. The second-order valence-corrected chi connectivity index (χ2v) is 3.77. The first-order valence-corrected chi connectivity index (χ1v) is 5.65. The highest BCUT2D eigenvalue weighted by atomic mass is 32.2. The van der Waals surface area contributed by atoms with E-state index in [0.29, 0.717) is 12.5 Å². The molecule has 0 spiro atoms. The smallest absolute Gasteiger partial charge is 0.319 e. The van der Waals surface area contributed by atoms with Crippen LogP contribution in [0.15, 0.2) is 0 Å². The van der Waals surface area contributed by atoms with Crippen LogP contribution in [0.5, 0.6) is 0 Å². The van der Waals surface area contributed by atoms with E-state index in [2.05, 4.69) is 13.8 Å². The summed E-state index contributed by atoms with van der Waals surface area (Å²) < 4.78 is 4.96. The molecule has 0 aromatic carbocycles. The summed E-state index contributed by atoms with van der Waals surface area (Å²) >= 11 is 1.58. The molecule has 2 unspecified atom stereocenters. The highest BCUT2D eigenvalue weighted by Gasteiger charge is 2.23. The van der Waals surface area contributed by atoms with E-state index < -0.39 is 0 Å². The van der Waals surface area contributed by atoms with Crippen molar-refractivity contribution in [1.29, 1.82) is 0 Å². The van der Waals surface area contributed by atoms with Gasteiger partial charge in [-0.25, -0.2) is 0 Å². The van der Waals surface area contributed by atoms with Crippen molar-refractivity contribution in [3.05, 3.63) is 0 Å². The minimum absolute atomic E-state index is 0.00921. The van der Waals surface area contributed by atoms with E-state index in [0.717, 1.165) is 6.42 Å². The molecule has 0 saturated heterocycles. The number of rotatable bonds is 5. The predicted molar refractivity (Wildman–Crippen MR) is 53.4 cm³/mol. The van der Waals surface area contributed by atoms with Crippen molar-refractivity contribution in [3.8, 4) is 0 Å². The molecule has 0 aromatic rings. The highest BCUT2D eigenvalue weighted by molar-refractivity contribution is 7.99. The molecule has 0 bridgehead atoms. The Balaban J connectivity index is 4.04. The third-order valence-electron chi connectivity index (χ3n) is 1.93. The van der Waals surface area contributed by atoms with Crippen LogP contribution in [0, 0.1) is 5.92 Å². The highest BCUT2D eigenvalue weighted by Crippen LogP contribution is 2.20. The van der Waals surface area contributed by atoms with Gasteiger partial charge in [0.2, 0.25) is 0 Å². The van der Waals surface area contributed by atoms with Crippen molar-refractivity contribution in [1.82, 2.24) is 0 Å². The maximum atomic E-state index is 11.3. The van der Waals surface area contributed by atoms with Gasteiger partial charge in [-0.2, -0.15) is 0 Å². The first-order valence-electron chi connectivity index (χ1n) is 4.36. The number of thioether (sulfide) groups is 1. The number of carbonyl (C=O) groups is 1. The van der Waals surface area contributed by atoms with Crippen LogP contribution in [0.1, 0.15) is 27.2 Å². The molecule has 12 heavy (non-hydrogen) atoms. The molecular formula is C9H18O2S. The molecule has 2 nitrogen and oxygen atoms in total. The average molecular weight is 190 g/mol. The quantitative estimate of drug-likeness (QED) is 0.622.